The summed E-state index contributed by atoms with van der Waals surface area (Å²) in [5, 5.41) is 0.737. The Balaban J connectivity index is 1.51. The molecule has 0 saturated heterocycles. The van der Waals surface area contributed by atoms with Gasteiger partial charge in [0.25, 0.3) is 0 Å². The quantitative estimate of drug-likeness (QED) is 0.809. The summed E-state index contributed by atoms with van der Waals surface area (Å²) >= 11 is 5.92. The molecule has 0 spiro atoms. The third kappa shape index (κ3) is 2.60. The maximum absolute atomic E-state index is 5.98. The lowest BCUT2D eigenvalue weighted by atomic mass is 9.94. The minimum atomic E-state index is 0.722. The first kappa shape index (κ1) is 13.4. The van der Waals surface area contributed by atoms with Crippen molar-refractivity contribution in [3.63, 3.8) is 0 Å². The van der Waals surface area contributed by atoms with Gasteiger partial charge in [-0.25, -0.2) is 4.98 Å². The highest BCUT2D eigenvalue weighted by atomic mass is 35.5. The monoisotopic (exact) mass is 302 g/mol. The number of hydrogen-bond donors (Lipinski definition) is 0. The van der Waals surface area contributed by atoms with Gasteiger partial charge in [-0.1, -0.05) is 30.9 Å². The molecule has 2 heterocycles. The average molecular weight is 303 g/mol. The molecule has 110 valence electrons. The van der Waals surface area contributed by atoms with Crippen LogP contribution in [0.5, 0.6) is 0 Å². The van der Waals surface area contributed by atoms with Crippen LogP contribution in [0.2, 0.25) is 5.02 Å². The molecule has 21 heavy (non-hydrogen) atoms. The van der Waals surface area contributed by atoms with Crippen LogP contribution in [0.4, 0.5) is 0 Å². The highest BCUT2D eigenvalue weighted by Crippen LogP contribution is 2.33. The minimum absolute atomic E-state index is 0.722. The Morgan fingerprint density at radius 2 is 1.81 bits per heavy atom. The molecule has 0 radical (unpaired) electrons. The van der Waals surface area contributed by atoms with Gasteiger partial charge in [-0.15, -0.1) is 0 Å². The third-order valence-electron chi connectivity index (χ3n) is 4.66. The van der Waals surface area contributed by atoms with E-state index in [0.29, 0.717) is 0 Å². The van der Waals surface area contributed by atoms with E-state index in [4.69, 9.17) is 16.0 Å². The largest absolute Gasteiger partial charge is 0.439 e. The molecule has 0 N–H and O–H groups in total. The Morgan fingerprint density at radius 3 is 2.52 bits per heavy atom. The molecule has 1 aliphatic carbocycles. The van der Waals surface area contributed by atoms with E-state index in [1.165, 1.54) is 32.1 Å². The third-order valence-corrected chi connectivity index (χ3v) is 4.91. The molecular weight excluding hydrogens is 284 g/mol. The molecule has 2 aromatic rings. The van der Waals surface area contributed by atoms with E-state index in [1.807, 2.05) is 24.3 Å². The fourth-order valence-electron chi connectivity index (χ4n) is 3.48. The van der Waals surface area contributed by atoms with Gasteiger partial charge in [0.2, 0.25) is 5.89 Å². The van der Waals surface area contributed by atoms with Crippen LogP contribution in [0.15, 0.2) is 28.7 Å². The first-order valence-electron chi connectivity index (χ1n) is 7.78. The van der Waals surface area contributed by atoms with Gasteiger partial charge in [0.1, 0.15) is 5.76 Å². The van der Waals surface area contributed by atoms with Crippen LogP contribution in [-0.4, -0.2) is 15.9 Å². The van der Waals surface area contributed by atoms with Crippen molar-refractivity contribution in [3.8, 4) is 11.5 Å². The summed E-state index contributed by atoms with van der Waals surface area (Å²) in [6.07, 6.45) is 6.79. The summed E-state index contributed by atoms with van der Waals surface area (Å²) in [4.78, 5) is 7.22. The molecule has 1 aromatic heterocycles. The van der Waals surface area contributed by atoms with Crippen molar-refractivity contribution in [1.82, 2.24) is 9.88 Å². The normalized spacial score (nSPS) is 19.9. The SMILES string of the molecule is Clc1ccc(-c2nc3c(o2)CN(C2CCCCC2)C3)cc1. The van der Waals surface area contributed by atoms with Gasteiger partial charge in [0.05, 0.1) is 12.2 Å². The summed E-state index contributed by atoms with van der Waals surface area (Å²) in [5.41, 5.74) is 2.11. The predicted molar refractivity (Wildman–Crippen MR) is 83.1 cm³/mol. The van der Waals surface area contributed by atoms with Crippen molar-refractivity contribution in [2.75, 3.05) is 0 Å². The Morgan fingerprint density at radius 1 is 1.05 bits per heavy atom. The fraction of sp³-hybridized carbons (Fsp3) is 0.471. The summed E-state index contributed by atoms with van der Waals surface area (Å²) < 4.78 is 5.98. The lowest BCUT2D eigenvalue weighted by molar-refractivity contribution is 0.149. The smallest absolute Gasteiger partial charge is 0.226 e. The zero-order valence-corrected chi connectivity index (χ0v) is 12.8. The lowest BCUT2D eigenvalue weighted by Gasteiger charge is -2.30. The van der Waals surface area contributed by atoms with Gasteiger partial charge in [0.15, 0.2) is 0 Å². The Hall–Kier alpha value is -1.32. The van der Waals surface area contributed by atoms with Crippen LogP contribution in [0.3, 0.4) is 0 Å². The molecule has 1 saturated carbocycles. The first-order chi connectivity index (χ1) is 10.3. The summed E-state index contributed by atoms with van der Waals surface area (Å²) in [5.74, 6) is 1.77. The van der Waals surface area contributed by atoms with Gasteiger partial charge in [-0.2, -0.15) is 0 Å². The van der Waals surface area contributed by atoms with Gasteiger partial charge < -0.3 is 4.42 Å². The summed E-state index contributed by atoms with van der Waals surface area (Å²) in [6, 6.07) is 8.40. The van der Waals surface area contributed by atoms with Gasteiger partial charge >= 0.3 is 0 Å². The molecule has 1 aromatic carbocycles. The molecule has 1 fully saturated rings. The molecule has 0 bridgehead atoms. The highest BCUT2D eigenvalue weighted by molar-refractivity contribution is 6.30. The van der Waals surface area contributed by atoms with E-state index >= 15 is 0 Å². The number of rotatable bonds is 2. The molecule has 1 aliphatic heterocycles. The van der Waals surface area contributed by atoms with E-state index in [9.17, 15) is 0 Å². The van der Waals surface area contributed by atoms with Crippen LogP contribution >= 0.6 is 11.6 Å². The minimum Gasteiger partial charge on any atom is -0.439 e. The molecule has 0 unspecified atom stereocenters. The molecule has 0 atom stereocenters. The maximum Gasteiger partial charge on any atom is 0.226 e. The maximum atomic E-state index is 5.98. The predicted octanol–water partition coefficient (Wildman–Crippen LogP) is 4.64. The van der Waals surface area contributed by atoms with Gasteiger partial charge in [-0.3, -0.25) is 4.90 Å². The van der Waals surface area contributed by atoms with E-state index < -0.39 is 0 Å². The second-order valence-electron chi connectivity index (χ2n) is 6.09. The van der Waals surface area contributed by atoms with Crippen molar-refractivity contribution in [2.24, 2.45) is 0 Å². The standard InChI is InChI=1S/C17H19ClN2O/c18-13-8-6-12(7-9-13)17-19-15-10-20(11-16(15)21-17)14-4-2-1-3-5-14/h6-9,14H,1-5,10-11H2. The summed E-state index contributed by atoms with van der Waals surface area (Å²) in [6.45, 7) is 1.86. The second kappa shape index (κ2) is 5.47. The number of halogens is 1. The van der Waals surface area contributed by atoms with E-state index in [1.54, 1.807) is 0 Å². The highest BCUT2D eigenvalue weighted by Gasteiger charge is 2.31. The van der Waals surface area contributed by atoms with E-state index in [-0.39, 0.29) is 0 Å². The van der Waals surface area contributed by atoms with Gasteiger partial charge in [-0.05, 0) is 37.1 Å². The van der Waals surface area contributed by atoms with Crippen LogP contribution in [0.25, 0.3) is 11.5 Å². The van der Waals surface area contributed by atoms with Crippen LogP contribution in [0.1, 0.15) is 43.6 Å². The molecule has 4 rings (SSSR count). The number of nitrogens with zero attached hydrogens (tertiary/aromatic N) is 2. The average Bonchev–Trinajstić information content (AvgIpc) is 3.07. The number of benzene rings is 1. The van der Waals surface area contributed by atoms with Crippen LogP contribution in [-0.2, 0) is 13.1 Å². The van der Waals surface area contributed by atoms with Crippen LogP contribution < -0.4 is 0 Å². The van der Waals surface area contributed by atoms with Crippen molar-refractivity contribution in [1.29, 1.82) is 0 Å². The molecule has 2 aliphatic rings. The van der Waals surface area contributed by atoms with Crippen molar-refractivity contribution >= 4 is 11.6 Å². The van der Waals surface area contributed by atoms with E-state index in [2.05, 4.69) is 9.88 Å². The molecule has 0 amide bonds. The van der Waals surface area contributed by atoms with Crippen molar-refractivity contribution < 1.29 is 4.42 Å². The first-order valence-corrected chi connectivity index (χ1v) is 8.16. The summed E-state index contributed by atoms with van der Waals surface area (Å²) in [7, 11) is 0. The molecule has 4 heteroatoms. The lowest BCUT2D eigenvalue weighted by Crippen LogP contribution is -2.32. The van der Waals surface area contributed by atoms with Crippen molar-refractivity contribution in [3.05, 3.63) is 40.7 Å². The van der Waals surface area contributed by atoms with E-state index in [0.717, 1.165) is 47.1 Å². The Bertz CT molecular complexity index is 605. The number of oxazole rings is 1. The molecule has 3 nitrogen and oxygen atoms in total. The number of aromatic nitrogens is 1. The zero-order chi connectivity index (χ0) is 14.2. The number of fused-ring (bicyclic) bond motifs is 1. The molecular formula is C17H19ClN2O. The van der Waals surface area contributed by atoms with Crippen LogP contribution in [0, 0.1) is 0 Å². The number of hydrogen-bond acceptors (Lipinski definition) is 3. The Kier molecular flexibility index (Phi) is 3.48. The topological polar surface area (TPSA) is 29.3 Å². The Labute approximate surface area is 129 Å². The second-order valence-corrected chi connectivity index (χ2v) is 6.53. The van der Waals surface area contributed by atoms with Crippen molar-refractivity contribution in [2.45, 2.75) is 51.2 Å². The zero-order valence-electron chi connectivity index (χ0n) is 12.0. The fourth-order valence-corrected chi connectivity index (χ4v) is 3.61. The van der Waals surface area contributed by atoms with Gasteiger partial charge in [0, 0.05) is 23.2 Å².